The lowest BCUT2D eigenvalue weighted by Gasteiger charge is -2.13. The fraction of sp³-hybridized carbons (Fsp3) is 0.125. The van der Waals surface area contributed by atoms with Crippen molar-refractivity contribution in [3.05, 3.63) is 59.2 Å². The maximum Gasteiger partial charge on any atom is 0.335 e. The lowest BCUT2D eigenvalue weighted by molar-refractivity contribution is 0.0697. The molecule has 0 amide bonds. The standard InChI is InChI=1S/C16H16N2O2S/c1-10-3-4-11(2)14(9-10)18-16(21)17-13-7-5-12(6-8-13)15(19)20/h3-9H,1-2H3,(H,19,20)(H2,17,18,21). The summed E-state index contributed by atoms with van der Waals surface area (Å²) in [4.78, 5) is 10.8. The van der Waals surface area contributed by atoms with E-state index in [1.807, 2.05) is 32.0 Å². The van der Waals surface area contributed by atoms with E-state index in [0.717, 1.165) is 22.5 Å². The molecule has 0 saturated heterocycles. The zero-order valence-corrected chi connectivity index (χ0v) is 12.6. The van der Waals surface area contributed by atoms with Gasteiger partial charge in [0.25, 0.3) is 0 Å². The highest BCUT2D eigenvalue weighted by Crippen LogP contribution is 2.17. The molecular weight excluding hydrogens is 284 g/mol. The van der Waals surface area contributed by atoms with E-state index in [1.165, 1.54) is 12.1 Å². The van der Waals surface area contributed by atoms with Crippen molar-refractivity contribution in [2.45, 2.75) is 13.8 Å². The molecule has 0 radical (unpaired) electrons. The number of nitrogens with one attached hydrogen (secondary N) is 2. The highest BCUT2D eigenvalue weighted by molar-refractivity contribution is 7.80. The number of hydrogen-bond donors (Lipinski definition) is 3. The van der Waals surface area contributed by atoms with Crippen LogP contribution in [0.15, 0.2) is 42.5 Å². The van der Waals surface area contributed by atoms with Crippen LogP contribution >= 0.6 is 12.2 Å². The van der Waals surface area contributed by atoms with Gasteiger partial charge in [-0.2, -0.15) is 0 Å². The van der Waals surface area contributed by atoms with Gasteiger partial charge in [0.2, 0.25) is 0 Å². The Morgan fingerprint density at radius 1 is 1.05 bits per heavy atom. The van der Waals surface area contributed by atoms with Crippen molar-refractivity contribution in [2.24, 2.45) is 0 Å². The van der Waals surface area contributed by atoms with Crippen LogP contribution in [0, 0.1) is 13.8 Å². The molecule has 2 aromatic rings. The predicted octanol–water partition coefficient (Wildman–Crippen LogP) is 3.81. The summed E-state index contributed by atoms with van der Waals surface area (Å²) in [6.45, 7) is 4.03. The molecule has 0 fully saturated rings. The first kappa shape index (κ1) is 15.0. The number of benzene rings is 2. The van der Waals surface area contributed by atoms with Gasteiger partial charge < -0.3 is 15.7 Å². The number of thiocarbonyl (C=S) groups is 1. The third-order valence-electron chi connectivity index (χ3n) is 3.03. The minimum absolute atomic E-state index is 0.244. The normalized spacial score (nSPS) is 10.0. The molecule has 0 aliphatic rings. The Bertz CT molecular complexity index is 681. The number of aryl methyl sites for hydroxylation is 2. The Balaban J connectivity index is 2.04. The molecule has 0 aromatic heterocycles. The number of carbonyl (C=O) groups is 1. The third kappa shape index (κ3) is 4.03. The van der Waals surface area contributed by atoms with Crippen molar-refractivity contribution < 1.29 is 9.90 Å². The number of carboxylic acids is 1. The van der Waals surface area contributed by atoms with Crippen LogP contribution in [0.25, 0.3) is 0 Å². The summed E-state index contributed by atoms with van der Waals surface area (Å²) in [7, 11) is 0. The second-order valence-corrected chi connectivity index (χ2v) is 5.19. The highest BCUT2D eigenvalue weighted by atomic mass is 32.1. The van der Waals surface area contributed by atoms with Gasteiger partial charge in [-0.25, -0.2) is 4.79 Å². The summed E-state index contributed by atoms with van der Waals surface area (Å²) < 4.78 is 0. The minimum atomic E-state index is -0.947. The van der Waals surface area contributed by atoms with Crippen molar-refractivity contribution in [3.8, 4) is 0 Å². The van der Waals surface area contributed by atoms with Gasteiger partial charge in [-0.1, -0.05) is 12.1 Å². The van der Waals surface area contributed by atoms with Crippen LogP contribution in [-0.4, -0.2) is 16.2 Å². The molecule has 0 heterocycles. The van der Waals surface area contributed by atoms with E-state index in [-0.39, 0.29) is 5.56 Å². The van der Waals surface area contributed by atoms with Crippen LogP contribution in [0.4, 0.5) is 11.4 Å². The molecule has 0 unspecified atom stereocenters. The van der Waals surface area contributed by atoms with Gasteiger partial charge in [0.15, 0.2) is 5.11 Å². The van der Waals surface area contributed by atoms with Crippen molar-refractivity contribution in [1.29, 1.82) is 0 Å². The number of carboxylic acid groups (broad SMARTS) is 1. The van der Waals surface area contributed by atoms with E-state index in [9.17, 15) is 4.79 Å². The van der Waals surface area contributed by atoms with Crippen molar-refractivity contribution >= 4 is 34.7 Å². The summed E-state index contributed by atoms with van der Waals surface area (Å²) in [5.41, 5.74) is 4.19. The first-order chi connectivity index (χ1) is 9.95. The summed E-state index contributed by atoms with van der Waals surface area (Å²) in [5.74, 6) is -0.947. The fourth-order valence-electron chi connectivity index (χ4n) is 1.85. The van der Waals surface area contributed by atoms with Crippen LogP contribution in [-0.2, 0) is 0 Å². The zero-order chi connectivity index (χ0) is 15.4. The number of aromatic carboxylic acids is 1. The smallest absolute Gasteiger partial charge is 0.335 e. The molecule has 21 heavy (non-hydrogen) atoms. The summed E-state index contributed by atoms with van der Waals surface area (Å²) in [6, 6.07) is 12.5. The fourth-order valence-corrected chi connectivity index (χ4v) is 2.08. The van der Waals surface area contributed by atoms with Crippen molar-refractivity contribution in [3.63, 3.8) is 0 Å². The van der Waals surface area contributed by atoms with Gasteiger partial charge in [-0.15, -0.1) is 0 Å². The first-order valence-corrected chi connectivity index (χ1v) is 6.85. The van der Waals surface area contributed by atoms with Crippen LogP contribution in [0.1, 0.15) is 21.5 Å². The molecule has 0 bridgehead atoms. The Morgan fingerprint density at radius 2 is 1.71 bits per heavy atom. The van der Waals surface area contributed by atoms with Gasteiger partial charge in [0.1, 0.15) is 0 Å². The van der Waals surface area contributed by atoms with E-state index in [1.54, 1.807) is 12.1 Å². The SMILES string of the molecule is Cc1ccc(C)c(NC(=S)Nc2ccc(C(=O)O)cc2)c1. The molecule has 0 aliphatic heterocycles. The molecule has 2 rings (SSSR count). The van der Waals surface area contributed by atoms with E-state index in [4.69, 9.17) is 17.3 Å². The van der Waals surface area contributed by atoms with E-state index < -0.39 is 5.97 Å². The molecule has 5 heteroatoms. The summed E-state index contributed by atoms with van der Waals surface area (Å²) in [5, 5.41) is 15.5. The average Bonchev–Trinajstić information content (AvgIpc) is 2.43. The second-order valence-electron chi connectivity index (χ2n) is 4.78. The van der Waals surface area contributed by atoms with Gasteiger partial charge in [0.05, 0.1) is 5.56 Å². The summed E-state index contributed by atoms with van der Waals surface area (Å²) >= 11 is 5.27. The number of hydrogen-bond acceptors (Lipinski definition) is 2. The molecule has 0 saturated carbocycles. The lowest BCUT2D eigenvalue weighted by atomic mass is 10.1. The number of anilines is 2. The Labute approximate surface area is 128 Å². The van der Waals surface area contributed by atoms with E-state index in [2.05, 4.69) is 10.6 Å². The monoisotopic (exact) mass is 300 g/mol. The molecule has 2 aromatic carbocycles. The van der Waals surface area contributed by atoms with E-state index >= 15 is 0 Å². The zero-order valence-electron chi connectivity index (χ0n) is 11.8. The van der Waals surface area contributed by atoms with Crippen LogP contribution in [0.5, 0.6) is 0 Å². The Hall–Kier alpha value is -2.40. The minimum Gasteiger partial charge on any atom is -0.478 e. The van der Waals surface area contributed by atoms with E-state index in [0.29, 0.717) is 5.11 Å². The maximum atomic E-state index is 10.8. The van der Waals surface area contributed by atoms with Crippen LogP contribution < -0.4 is 10.6 Å². The van der Waals surface area contributed by atoms with Gasteiger partial charge >= 0.3 is 5.97 Å². The maximum absolute atomic E-state index is 10.8. The quantitative estimate of drug-likeness (QED) is 0.752. The highest BCUT2D eigenvalue weighted by Gasteiger charge is 2.04. The Morgan fingerprint density at radius 3 is 2.33 bits per heavy atom. The lowest BCUT2D eigenvalue weighted by Crippen LogP contribution is -2.19. The first-order valence-electron chi connectivity index (χ1n) is 6.44. The van der Waals surface area contributed by atoms with Crippen molar-refractivity contribution in [2.75, 3.05) is 10.6 Å². The second kappa shape index (κ2) is 6.37. The van der Waals surface area contributed by atoms with Gasteiger partial charge in [-0.05, 0) is 67.5 Å². The molecule has 4 nitrogen and oxygen atoms in total. The molecule has 0 spiro atoms. The average molecular weight is 300 g/mol. The van der Waals surface area contributed by atoms with Crippen molar-refractivity contribution in [1.82, 2.24) is 0 Å². The van der Waals surface area contributed by atoms with Crippen LogP contribution in [0.2, 0.25) is 0 Å². The Kier molecular flexibility index (Phi) is 4.55. The van der Waals surface area contributed by atoms with Crippen LogP contribution in [0.3, 0.4) is 0 Å². The predicted molar refractivity (Wildman–Crippen MR) is 89.2 cm³/mol. The molecule has 108 valence electrons. The topological polar surface area (TPSA) is 61.4 Å². The molecule has 3 N–H and O–H groups in total. The summed E-state index contributed by atoms with van der Waals surface area (Å²) in [6.07, 6.45) is 0. The molecular formula is C16H16N2O2S. The van der Waals surface area contributed by atoms with Gasteiger partial charge in [-0.3, -0.25) is 0 Å². The molecule has 0 atom stereocenters. The molecule has 0 aliphatic carbocycles. The largest absolute Gasteiger partial charge is 0.478 e. The van der Waals surface area contributed by atoms with Gasteiger partial charge in [0, 0.05) is 11.4 Å². The third-order valence-corrected chi connectivity index (χ3v) is 3.24. The number of rotatable bonds is 3.